The van der Waals surface area contributed by atoms with Crippen molar-refractivity contribution in [1.29, 1.82) is 10.5 Å². The van der Waals surface area contributed by atoms with Crippen molar-refractivity contribution in [2.24, 2.45) is 33.5 Å². The Morgan fingerprint density at radius 1 is 0.558 bits per heavy atom. The third-order valence-corrected chi connectivity index (χ3v) is 29.3. The molecule has 2 unspecified atom stereocenters. The number of hydrogen-bond acceptors (Lipinski definition) is 24. The molecule has 0 spiro atoms. The molecule has 2 atom stereocenters. The van der Waals surface area contributed by atoms with E-state index in [0.29, 0.717) is 98.5 Å². The molecule has 7 heterocycles. The first kappa shape index (κ1) is 91.3. The Morgan fingerprint density at radius 2 is 1.01 bits per heavy atom. The molecular formula is C88H104BrCl2N11O16S2. The number of rotatable bonds is 27. The number of aromatic nitrogens is 2. The van der Waals surface area contributed by atoms with Crippen molar-refractivity contribution in [3.05, 3.63) is 153 Å². The van der Waals surface area contributed by atoms with Crippen LogP contribution in [-0.2, 0) is 39.2 Å². The summed E-state index contributed by atoms with van der Waals surface area (Å²) in [5.74, 6) is 1.46. The topological polar surface area (TPSA) is 355 Å². The minimum absolute atomic E-state index is 0. The van der Waals surface area contributed by atoms with Crippen molar-refractivity contribution >= 4 is 118 Å². The molecule has 0 radical (unpaired) electrons. The zero-order valence-corrected chi connectivity index (χ0v) is 72.8. The first-order valence-corrected chi connectivity index (χ1v) is 44.9. The second-order valence-corrected chi connectivity index (χ2v) is 39.3. The number of halogens is 3. The number of nitrogens with zero attached hydrogens (tertiary/aromatic N) is 9. The fourth-order valence-corrected chi connectivity index (χ4v) is 22.1. The number of nitrogens with one attached hydrogen (secondary N) is 2. The second-order valence-electron chi connectivity index (χ2n) is 33.9. The standard InChI is InChI=1S/C43H49ClN6O8S.C38H44ClN5O6S.C6H7BrO2.CH4/c1-42(2)36(43(3,4)41(42)58-30-10-8-27(25-45)32(44)22-30)24-34(51)28-9-14-37(46-26-28)49-19-17-48(18-20-49)16-6-5-7-21-57-29-11-12-31-35(23-29)59(55,56)50(40(31)54)33-13-15-38(52)47-39(33)53;1-37(2)33(38(3,4)36(37)50-28-10-8-25(23-40)30(39)20-28)22-31(45)26-9-13-34(41-24-26)44-17-15-43(16-18-44)14-6-5-7-19-49-27-11-12-29-32(21-27)51(47,48)42-35(29)46;7-5-2-1-4(8)3-6(5)9;/h8-12,14,22-23,26,33,36,41H,5-7,13,15-21,24H2,1-4H3,(H,47,52,53);8-13,20-21,24,33,36H,5-7,14-19,22H2,1-4H3,(H,42,46);5H,1-3H2;1H4. The third-order valence-electron chi connectivity index (χ3n) is 24.5. The smallest absolute Gasteiger partial charge is 0.269 e. The van der Waals surface area contributed by atoms with Crippen LogP contribution in [0.15, 0.2) is 119 Å². The molecule has 6 aromatic rings. The van der Waals surface area contributed by atoms with Crippen LogP contribution in [0.5, 0.6) is 23.0 Å². The lowest BCUT2D eigenvalue weighted by Crippen LogP contribution is -2.66. The molecule has 14 rings (SSSR count). The van der Waals surface area contributed by atoms with Gasteiger partial charge in [-0.15, -0.1) is 0 Å². The summed E-state index contributed by atoms with van der Waals surface area (Å²) in [5.41, 5.74) is 1.10. The average molecular weight is 1790 g/mol. The molecule has 3 saturated carbocycles. The number of pyridine rings is 2. The summed E-state index contributed by atoms with van der Waals surface area (Å²) >= 11 is 15.7. The number of unbranched alkanes of at least 4 members (excludes halogenated alkanes) is 4. The van der Waals surface area contributed by atoms with Gasteiger partial charge < -0.3 is 28.7 Å². The highest BCUT2D eigenvalue weighted by Crippen LogP contribution is 2.63. The van der Waals surface area contributed by atoms with Gasteiger partial charge >= 0.3 is 0 Å². The van der Waals surface area contributed by atoms with Gasteiger partial charge in [0.25, 0.3) is 37.8 Å². The maximum Gasteiger partial charge on any atom is 0.269 e. The van der Waals surface area contributed by atoms with Gasteiger partial charge in [-0.2, -0.15) is 10.5 Å². The number of nitriles is 2. The van der Waals surface area contributed by atoms with Crippen molar-refractivity contribution in [3.63, 3.8) is 0 Å². The molecule has 27 nitrogen and oxygen atoms in total. The lowest BCUT2D eigenvalue weighted by atomic mass is 9.44. The molecule has 2 N–H and O–H groups in total. The van der Waals surface area contributed by atoms with Crippen LogP contribution in [0.1, 0.15) is 199 Å². The summed E-state index contributed by atoms with van der Waals surface area (Å²) in [6.45, 7) is 26.8. The summed E-state index contributed by atoms with van der Waals surface area (Å²) in [5, 5.41) is 21.2. The van der Waals surface area contributed by atoms with Crippen LogP contribution in [0.4, 0.5) is 11.6 Å². The molecule has 5 aliphatic heterocycles. The van der Waals surface area contributed by atoms with Crippen LogP contribution < -0.4 is 38.8 Å². The number of piperazine rings is 2. The quantitative estimate of drug-likeness (QED) is 0.0159. The molecule has 32 heteroatoms. The number of alkyl halides is 1. The molecule has 4 amide bonds. The highest BCUT2D eigenvalue weighted by molar-refractivity contribution is 9.10. The molecule has 640 valence electrons. The number of fused-ring (bicyclic) bond motifs is 2. The Hall–Kier alpha value is -9.40. The zero-order valence-electron chi connectivity index (χ0n) is 68.0. The predicted molar refractivity (Wildman–Crippen MR) is 456 cm³/mol. The number of carbonyl (C=O) groups excluding carboxylic acids is 8. The number of anilines is 2. The van der Waals surface area contributed by atoms with Crippen LogP contribution in [0.2, 0.25) is 10.0 Å². The fraction of sp³-hybridized carbons (Fsp3) is 0.500. The minimum Gasteiger partial charge on any atom is -0.494 e. The predicted octanol–water partition coefficient (Wildman–Crippen LogP) is 13.5. The van der Waals surface area contributed by atoms with E-state index in [-0.39, 0.29) is 121 Å². The van der Waals surface area contributed by atoms with Crippen LogP contribution in [0.3, 0.4) is 0 Å². The van der Waals surface area contributed by atoms with Gasteiger partial charge in [-0.25, -0.2) is 35.8 Å². The van der Waals surface area contributed by atoms with E-state index < -0.39 is 49.7 Å². The number of sulfonamides is 2. The Bertz CT molecular complexity index is 5180. The number of ether oxygens (including phenoxy) is 4. The maximum absolute atomic E-state index is 13.5. The van der Waals surface area contributed by atoms with Crippen molar-refractivity contribution < 1.29 is 74.1 Å². The molecule has 8 aliphatic rings. The Labute approximate surface area is 720 Å². The SMILES string of the molecule is C.CC1(C)C(CC(=O)c2ccc(N3CCN(CCCCCOc4ccc5c(c4)S(=O)(=O)N(C4CCC(=O)NC4=O)C5=O)CC3)nc2)C(C)(C)C1Oc1ccc(C#N)c(Cl)c1.CC1(C)C(CC(=O)c2ccc(N3CCN(CCCCCOc4ccc5c(c4)S(=O)(=O)NC5=O)CC3)nc2)C(C)(C)C1Oc1ccc(C#N)c(Cl)c1.O=C1CCC(Br)C(=O)C1. The van der Waals surface area contributed by atoms with Gasteiger partial charge in [0.05, 0.1) is 56.8 Å². The number of piperidine rings is 1. The monoisotopic (exact) mass is 1780 g/mol. The number of imide groups is 1. The molecule has 3 saturated heterocycles. The van der Waals surface area contributed by atoms with Crippen LogP contribution in [0.25, 0.3) is 0 Å². The van der Waals surface area contributed by atoms with E-state index in [0.717, 1.165) is 116 Å². The maximum atomic E-state index is 13.5. The van der Waals surface area contributed by atoms with Gasteiger partial charge in [-0.05, 0) is 149 Å². The minimum atomic E-state index is -4.28. The van der Waals surface area contributed by atoms with E-state index >= 15 is 0 Å². The van der Waals surface area contributed by atoms with Gasteiger partial charge in [0.1, 0.15) is 80.6 Å². The van der Waals surface area contributed by atoms with Gasteiger partial charge in [-0.1, -0.05) is 102 Å². The van der Waals surface area contributed by atoms with Crippen molar-refractivity contribution in [3.8, 4) is 35.1 Å². The number of carbonyl (C=O) groups is 8. The number of ketones is 4. The van der Waals surface area contributed by atoms with Crippen LogP contribution in [-0.4, -0.2) is 189 Å². The van der Waals surface area contributed by atoms with Gasteiger partial charge in [-0.3, -0.25) is 53.5 Å². The van der Waals surface area contributed by atoms with E-state index in [9.17, 15) is 65.7 Å². The fourth-order valence-electron chi connectivity index (χ4n) is 18.3. The van der Waals surface area contributed by atoms with Crippen molar-refractivity contribution in [1.82, 2.24) is 34.1 Å². The Kier molecular flexibility index (Phi) is 28.9. The normalized spacial score (nSPS) is 22.7. The third kappa shape index (κ3) is 20.2. The summed E-state index contributed by atoms with van der Waals surface area (Å²) in [7, 11) is -8.07. The summed E-state index contributed by atoms with van der Waals surface area (Å²) in [6, 6.07) is 29.5. The van der Waals surface area contributed by atoms with E-state index in [1.165, 1.54) is 24.3 Å². The number of benzene rings is 4. The lowest BCUT2D eigenvalue weighted by molar-refractivity contribution is -0.196. The van der Waals surface area contributed by atoms with Crippen LogP contribution >= 0.6 is 39.1 Å². The van der Waals surface area contributed by atoms with E-state index in [2.05, 4.69) is 118 Å². The summed E-state index contributed by atoms with van der Waals surface area (Å²) < 4.78 is 77.6. The molecule has 4 aromatic carbocycles. The van der Waals surface area contributed by atoms with Crippen LogP contribution in [0, 0.1) is 56.2 Å². The Morgan fingerprint density at radius 3 is 1.43 bits per heavy atom. The highest BCUT2D eigenvalue weighted by Gasteiger charge is 2.65. The molecule has 2 aromatic heterocycles. The zero-order chi connectivity index (χ0) is 85.7. The highest BCUT2D eigenvalue weighted by atomic mass is 79.9. The van der Waals surface area contributed by atoms with Gasteiger partial charge in [0, 0.05) is 147 Å². The first-order valence-electron chi connectivity index (χ1n) is 40.3. The van der Waals surface area contributed by atoms with Gasteiger partial charge in [0.2, 0.25) is 5.91 Å². The van der Waals surface area contributed by atoms with Gasteiger partial charge in [0.15, 0.2) is 17.3 Å². The van der Waals surface area contributed by atoms with E-state index in [1.807, 2.05) is 29.0 Å². The molecule has 0 bridgehead atoms. The summed E-state index contributed by atoms with van der Waals surface area (Å²) in [6.07, 6.45) is 10.7. The molecule has 120 heavy (non-hydrogen) atoms. The largest absolute Gasteiger partial charge is 0.494 e. The molecular weight excluding hydrogens is 1680 g/mol. The average Bonchev–Trinajstić information content (AvgIpc) is 0.835. The van der Waals surface area contributed by atoms with Crippen molar-refractivity contribution in [2.75, 3.05) is 88.5 Å². The lowest BCUT2D eigenvalue weighted by Gasteiger charge is -2.63. The van der Waals surface area contributed by atoms with E-state index in [1.54, 1.807) is 60.9 Å². The second kappa shape index (κ2) is 37.9. The molecule has 3 aliphatic carbocycles. The summed E-state index contributed by atoms with van der Waals surface area (Å²) in [4.78, 5) is 115. The molecule has 6 fully saturated rings. The van der Waals surface area contributed by atoms with Crippen molar-refractivity contribution in [2.45, 2.75) is 179 Å². The Balaban J connectivity index is 0.000000212. The first-order chi connectivity index (χ1) is 56.4. The van der Waals surface area contributed by atoms with E-state index in [4.69, 9.17) is 42.1 Å². The number of amides is 4. The number of hydrogen-bond donors (Lipinski definition) is 2. The number of Topliss-reactive ketones (excluding diaryl/α,β-unsaturated/α-hetero) is 4.